The highest BCUT2D eigenvalue weighted by atomic mass is 31.2. The van der Waals surface area contributed by atoms with Gasteiger partial charge in [-0.3, -0.25) is 14.2 Å². The summed E-state index contributed by atoms with van der Waals surface area (Å²) in [6.45, 7) is 6.71. The quantitative estimate of drug-likeness (QED) is 0.0212. The minimum Gasteiger partial charge on any atom is -0.756 e. The monoisotopic (exact) mass is 1150 g/mol. The molecular formula is C71H127N2O7P. The van der Waals surface area contributed by atoms with Gasteiger partial charge >= 0.3 is 5.97 Å². The Balaban J connectivity index is 5.19. The van der Waals surface area contributed by atoms with Crippen LogP contribution in [0.2, 0.25) is 0 Å². The summed E-state index contributed by atoms with van der Waals surface area (Å²) in [5.74, 6) is -0.556. The first-order chi connectivity index (χ1) is 39.4. The number of hydrogen-bond acceptors (Lipinski definition) is 7. The van der Waals surface area contributed by atoms with Gasteiger partial charge in [-0.05, 0) is 109 Å². The van der Waals surface area contributed by atoms with E-state index in [1.165, 1.54) is 135 Å². The number of rotatable bonds is 60. The summed E-state index contributed by atoms with van der Waals surface area (Å²) in [6.07, 6.45) is 80.8. The van der Waals surface area contributed by atoms with Crippen molar-refractivity contribution in [3.8, 4) is 0 Å². The zero-order valence-corrected chi connectivity index (χ0v) is 54.4. The number of likely N-dealkylation sites (N-methyl/N-ethyl adjacent to an activating group) is 1. The number of ether oxygens (including phenoxy) is 1. The fourth-order valence-corrected chi connectivity index (χ4v) is 10.1. The topological polar surface area (TPSA) is 114 Å². The maximum absolute atomic E-state index is 13.6. The zero-order chi connectivity index (χ0) is 59.3. The van der Waals surface area contributed by atoms with Crippen LogP contribution in [0.1, 0.15) is 290 Å². The summed E-state index contributed by atoms with van der Waals surface area (Å²) in [6, 6.07) is -0.901. The van der Waals surface area contributed by atoms with E-state index < -0.39 is 26.6 Å². The SMILES string of the molecule is CC/C=C\C/C=C\C/C=C\C/C=C\C/C=C\CCCCCCCCCCCC(=O)NC(COP(=O)([O-])OCC[N+](C)(C)C)C(/C=C\CCCCCCCCCCCCC)OC(=O)CCCCCCCCC/C=C\C/C=C\CCCCC. The molecule has 0 saturated carbocycles. The van der Waals surface area contributed by atoms with Crippen LogP contribution in [0.3, 0.4) is 0 Å². The highest BCUT2D eigenvalue weighted by molar-refractivity contribution is 7.45. The summed E-state index contributed by atoms with van der Waals surface area (Å²) >= 11 is 0. The fraction of sp³-hybridized carbons (Fsp3) is 0.746. The zero-order valence-electron chi connectivity index (χ0n) is 53.5. The largest absolute Gasteiger partial charge is 0.756 e. The van der Waals surface area contributed by atoms with Crippen molar-refractivity contribution in [2.45, 2.75) is 303 Å². The number of nitrogens with zero attached hydrogens (tertiary/aromatic N) is 1. The van der Waals surface area contributed by atoms with Gasteiger partial charge in [-0.2, -0.15) is 0 Å². The van der Waals surface area contributed by atoms with E-state index in [9.17, 15) is 19.0 Å². The molecule has 0 spiro atoms. The second-order valence-electron chi connectivity index (χ2n) is 23.6. The number of allylic oxidation sites excluding steroid dienone is 15. The lowest BCUT2D eigenvalue weighted by Crippen LogP contribution is -2.47. The lowest BCUT2D eigenvalue weighted by atomic mass is 10.0. The van der Waals surface area contributed by atoms with Crippen molar-refractivity contribution < 1.29 is 37.3 Å². The van der Waals surface area contributed by atoms with Crippen molar-refractivity contribution in [2.24, 2.45) is 0 Å². The molecule has 0 aromatic carbocycles. The van der Waals surface area contributed by atoms with E-state index >= 15 is 0 Å². The molecule has 0 bridgehead atoms. The smallest absolute Gasteiger partial charge is 0.306 e. The second-order valence-corrected chi connectivity index (χ2v) is 25.0. The van der Waals surface area contributed by atoms with Gasteiger partial charge in [0.1, 0.15) is 19.3 Å². The number of carbonyl (C=O) groups is 2. The minimum atomic E-state index is -4.71. The normalized spacial score (nSPS) is 14.2. The summed E-state index contributed by atoms with van der Waals surface area (Å²) in [4.78, 5) is 40.1. The van der Waals surface area contributed by atoms with Crippen LogP contribution in [0.25, 0.3) is 0 Å². The summed E-state index contributed by atoms with van der Waals surface area (Å²) < 4.78 is 30.4. The van der Waals surface area contributed by atoms with Crippen molar-refractivity contribution in [1.82, 2.24) is 5.32 Å². The van der Waals surface area contributed by atoms with E-state index in [0.29, 0.717) is 17.4 Å². The average molecular weight is 1150 g/mol. The molecule has 0 heterocycles. The van der Waals surface area contributed by atoms with Crippen LogP contribution < -0.4 is 10.2 Å². The van der Waals surface area contributed by atoms with E-state index in [4.69, 9.17) is 13.8 Å². The molecule has 0 aromatic heterocycles. The molecule has 3 atom stereocenters. The second kappa shape index (κ2) is 60.1. The first-order valence-electron chi connectivity index (χ1n) is 33.5. The molecule has 10 heteroatoms. The minimum absolute atomic E-state index is 0.0287. The Morgan fingerprint density at radius 1 is 0.444 bits per heavy atom. The molecule has 81 heavy (non-hydrogen) atoms. The molecule has 0 fully saturated rings. The van der Waals surface area contributed by atoms with Crippen molar-refractivity contribution in [2.75, 3.05) is 40.9 Å². The molecule has 0 aliphatic carbocycles. The van der Waals surface area contributed by atoms with Gasteiger partial charge in [0, 0.05) is 12.8 Å². The lowest BCUT2D eigenvalue weighted by molar-refractivity contribution is -0.870. The maximum atomic E-state index is 13.6. The third-order valence-corrected chi connectivity index (χ3v) is 15.5. The van der Waals surface area contributed by atoms with Gasteiger partial charge in [-0.15, -0.1) is 0 Å². The lowest BCUT2D eigenvalue weighted by Gasteiger charge is -2.30. The number of phosphoric acid groups is 1. The van der Waals surface area contributed by atoms with Gasteiger partial charge in [-0.1, -0.05) is 266 Å². The van der Waals surface area contributed by atoms with Crippen LogP contribution in [0.5, 0.6) is 0 Å². The van der Waals surface area contributed by atoms with Gasteiger partial charge < -0.3 is 28.5 Å². The number of amides is 1. The highest BCUT2D eigenvalue weighted by Gasteiger charge is 2.27. The molecule has 0 aliphatic rings. The summed E-state index contributed by atoms with van der Waals surface area (Å²) in [5.41, 5.74) is 0. The first-order valence-corrected chi connectivity index (χ1v) is 35.0. The molecule has 3 unspecified atom stereocenters. The third-order valence-electron chi connectivity index (χ3n) is 14.5. The van der Waals surface area contributed by atoms with Crippen LogP contribution in [-0.2, 0) is 27.9 Å². The standard InChI is InChI=1S/C71H127N2O7P/c1-7-10-13-16-19-22-25-28-30-32-33-34-35-36-37-38-39-41-42-45-48-51-54-57-60-63-70(74)72-68(67-79-81(76,77)78-66-65-73(4,5)6)69(62-59-56-53-50-47-44-27-24-21-18-15-12-9-3)80-71(75)64-61-58-55-52-49-46-43-40-31-29-26-23-20-17-14-11-8-2/h10,13,19-20,22-23,28-31,33-34,36-37,59,62,68-69H,7-9,11-12,14-18,21,24-27,32,35,38-58,60-61,63-67H2,1-6H3,(H-,72,74,76,77)/b13-10-,22-19-,23-20-,30-28-,31-29-,34-33-,37-36-,62-59-. The maximum Gasteiger partial charge on any atom is 0.306 e. The van der Waals surface area contributed by atoms with E-state index in [1.807, 2.05) is 33.3 Å². The number of nitrogens with one attached hydrogen (secondary N) is 1. The molecule has 0 aliphatic heterocycles. The summed E-state index contributed by atoms with van der Waals surface area (Å²) in [5, 5.41) is 3.03. The average Bonchev–Trinajstić information content (AvgIpc) is 3.44. The van der Waals surface area contributed by atoms with Crippen LogP contribution in [0.15, 0.2) is 97.2 Å². The number of carbonyl (C=O) groups excluding carboxylic acids is 2. The van der Waals surface area contributed by atoms with E-state index in [0.717, 1.165) is 122 Å². The van der Waals surface area contributed by atoms with Crippen molar-refractivity contribution in [3.05, 3.63) is 97.2 Å². The van der Waals surface area contributed by atoms with Gasteiger partial charge in [0.25, 0.3) is 7.82 Å². The molecule has 0 aromatic rings. The van der Waals surface area contributed by atoms with Crippen molar-refractivity contribution in [3.63, 3.8) is 0 Å². The van der Waals surface area contributed by atoms with Gasteiger partial charge in [0.15, 0.2) is 0 Å². The Kier molecular flexibility index (Phi) is 57.8. The Morgan fingerprint density at radius 3 is 1.21 bits per heavy atom. The number of hydrogen-bond donors (Lipinski definition) is 1. The van der Waals surface area contributed by atoms with Crippen LogP contribution in [0.4, 0.5) is 0 Å². The van der Waals surface area contributed by atoms with Gasteiger partial charge in [-0.25, -0.2) is 0 Å². The molecule has 0 rings (SSSR count). The summed E-state index contributed by atoms with van der Waals surface area (Å²) in [7, 11) is 1.17. The molecule has 1 amide bonds. The predicted molar refractivity (Wildman–Crippen MR) is 348 cm³/mol. The van der Waals surface area contributed by atoms with Crippen molar-refractivity contribution >= 4 is 19.7 Å². The number of phosphoric ester groups is 1. The van der Waals surface area contributed by atoms with Crippen LogP contribution >= 0.6 is 7.82 Å². The molecule has 468 valence electrons. The van der Waals surface area contributed by atoms with E-state index in [2.05, 4.69) is 111 Å². The van der Waals surface area contributed by atoms with Gasteiger partial charge in [0.2, 0.25) is 5.91 Å². The number of esters is 1. The predicted octanol–water partition coefficient (Wildman–Crippen LogP) is 20.5. The van der Waals surface area contributed by atoms with Crippen LogP contribution in [-0.4, -0.2) is 69.4 Å². The van der Waals surface area contributed by atoms with Crippen molar-refractivity contribution in [1.29, 1.82) is 0 Å². The molecule has 0 radical (unpaired) electrons. The first kappa shape index (κ1) is 77.9. The van der Waals surface area contributed by atoms with Gasteiger partial charge in [0.05, 0.1) is 33.8 Å². The molecular weight excluding hydrogens is 1020 g/mol. The Labute approximate surface area is 500 Å². The highest BCUT2D eigenvalue weighted by Crippen LogP contribution is 2.38. The Bertz CT molecular complexity index is 1710. The van der Waals surface area contributed by atoms with Crippen LogP contribution in [0, 0.1) is 0 Å². The Morgan fingerprint density at radius 2 is 0.790 bits per heavy atom. The molecule has 0 saturated heterocycles. The van der Waals surface area contributed by atoms with E-state index in [1.54, 1.807) is 0 Å². The number of unbranched alkanes of at least 4 members (excludes halogenated alkanes) is 30. The Hall–Kier alpha value is -3.07. The molecule has 1 N–H and O–H groups in total. The molecule has 9 nitrogen and oxygen atoms in total. The fourth-order valence-electron chi connectivity index (χ4n) is 9.34. The number of quaternary nitrogens is 1. The van der Waals surface area contributed by atoms with E-state index in [-0.39, 0.29) is 24.9 Å². The third kappa shape index (κ3) is 61.3.